The van der Waals surface area contributed by atoms with E-state index < -0.39 is 5.91 Å². The van der Waals surface area contributed by atoms with Crippen molar-refractivity contribution in [3.63, 3.8) is 0 Å². The highest BCUT2D eigenvalue weighted by Crippen LogP contribution is 2.34. The molecule has 0 saturated heterocycles. The van der Waals surface area contributed by atoms with Crippen LogP contribution in [-0.2, 0) is 11.3 Å². The number of halogens is 1. The molecule has 164 valence electrons. The molecule has 0 heterocycles. The fourth-order valence-corrected chi connectivity index (χ4v) is 3.01. The van der Waals surface area contributed by atoms with Crippen LogP contribution in [0.5, 0.6) is 23.0 Å². The summed E-state index contributed by atoms with van der Waals surface area (Å²) < 4.78 is 21.6. The summed E-state index contributed by atoms with van der Waals surface area (Å²) in [5, 5.41) is 12.6. The Morgan fingerprint density at radius 2 is 1.77 bits per heavy atom. The summed E-state index contributed by atoms with van der Waals surface area (Å²) in [7, 11) is 3.09. The van der Waals surface area contributed by atoms with Crippen LogP contribution in [0, 0.1) is 11.3 Å². The number of methoxy groups -OCH3 is 2. The minimum absolute atomic E-state index is 0.0892. The van der Waals surface area contributed by atoms with Crippen LogP contribution < -0.4 is 24.3 Å². The van der Waals surface area contributed by atoms with E-state index in [4.69, 9.17) is 30.5 Å². The van der Waals surface area contributed by atoms with Crippen molar-refractivity contribution < 1.29 is 23.7 Å². The second kappa shape index (κ2) is 11.7. The van der Waals surface area contributed by atoms with Gasteiger partial charge in [-0.25, -0.2) is 0 Å². The summed E-state index contributed by atoms with van der Waals surface area (Å²) >= 11 is 6.27. The van der Waals surface area contributed by atoms with Gasteiger partial charge < -0.3 is 24.3 Å². The van der Waals surface area contributed by atoms with Crippen LogP contribution in [0.25, 0.3) is 6.08 Å². The number of nitrogens with zero attached hydrogens (tertiary/aromatic N) is 1. The fourth-order valence-electron chi connectivity index (χ4n) is 2.78. The Labute approximate surface area is 187 Å². The van der Waals surface area contributed by atoms with Gasteiger partial charge in [-0.2, -0.15) is 5.26 Å². The normalized spacial score (nSPS) is 10.8. The number of nitriles is 1. The highest BCUT2D eigenvalue weighted by atomic mass is 35.5. The zero-order chi connectivity index (χ0) is 22.8. The molecular weight excluding hydrogens is 420 g/mol. The Balaban J connectivity index is 2.26. The Kier molecular flexibility index (Phi) is 9.04. The van der Waals surface area contributed by atoms with Gasteiger partial charge in [0.15, 0.2) is 0 Å². The second-order valence-electron chi connectivity index (χ2n) is 6.22. The molecule has 0 spiro atoms. The number of hydrogen-bond acceptors (Lipinski definition) is 6. The first-order valence-electron chi connectivity index (χ1n) is 9.67. The van der Waals surface area contributed by atoms with Gasteiger partial charge in [0, 0.05) is 29.8 Å². The molecule has 2 rings (SSSR count). The molecule has 7 nitrogen and oxygen atoms in total. The zero-order valence-corrected chi connectivity index (χ0v) is 18.7. The van der Waals surface area contributed by atoms with E-state index >= 15 is 0 Å². The monoisotopic (exact) mass is 444 g/mol. The SMILES string of the molecule is CCOc1cc(OCC)c(/C=C(\C#N)C(=O)NCc2ccc(OC)cc2OC)cc1Cl. The van der Waals surface area contributed by atoms with E-state index in [1.807, 2.05) is 19.9 Å². The van der Waals surface area contributed by atoms with Crippen molar-refractivity contribution >= 4 is 23.6 Å². The first-order valence-corrected chi connectivity index (χ1v) is 10.0. The minimum atomic E-state index is -0.534. The third-order valence-electron chi connectivity index (χ3n) is 4.26. The average Bonchev–Trinajstić information content (AvgIpc) is 2.78. The highest BCUT2D eigenvalue weighted by Gasteiger charge is 2.15. The van der Waals surface area contributed by atoms with Gasteiger partial charge in [-0.1, -0.05) is 11.6 Å². The average molecular weight is 445 g/mol. The van der Waals surface area contributed by atoms with Gasteiger partial charge in [-0.15, -0.1) is 0 Å². The van der Waals surface area contributed by atoms with Crippen LogP contribution in [-0.4, -0.2) is 33.3 Å². The first kappa shape index (κ1) is 23.9. The maximum absolute atomic E-state index is 12.6. The molecule has 8 heteroatoms. The molecule has 0 fully saturated rings. The van der Waals surface area contributed by atoms with Crippen LogP contribution in [0.2, 0.25) is 5.02 Å². The Morgan fingerprint density at radius 3 is 2.39 bits per heavy atom. The van der Waals surface area contributed by atoms with E-state index in [9.17, 15) is 10.1 Å². The van der Waals surface area contributed by atoms with E-state index in [-0.39, 0.29) is 12.1 Å². The molecule has 2 aromatic carbocycles. The fraction of sp³-hybridized carbons (Fsp3) is 0.304. The molecule has 1 amide bonds. The lowest BCUT2D eigenvalue weighted by Crippen LogP contribution is -2.24. The molecule has 0 unspecified atom stereocenters. The third kappa shape index (κ3) is 6.30. The van der Waals surface area contributed by atoms with Crippen molar-refractivity contribution in [3.8, 4) is 29.1 Å². The lowest BCUT2D eigenvalue weighted by molar-refractivity contribution is -0.117. The molecule has 2 aromatic rings. The minimum Gasteiger partial charge on any atom is -0.497 e. The van der Waals surface area contributed by atoms with E-state index in [2.05, 4.69) is 5.32 Å². The van der Waals surface area contributed by atoms with Crippen molar-refractivity contribution in [3.05, 3.63) is 52.1 Å². The largest absolute Gasteiger partial charge is 0.497 e. The molecule has 0 aliphatic carbocycles. The van der Waals surface area contributed by atoms with Crippen LogP contribution in [0.3, 0.4) is 0 Å². The van der Waals surface area contributed by atoms with Crippen LogP contribution >= 0.6 is 11.6 Å². The maximum atomic E-state index is 12.6. The molecule has 31 heavy (non-hydrogen) atoms. The predicted molar refractivity (Wildman–Crippen MR) is 119 cm³/mol. The van der Waals surface area contributed by atoms with Gasteiger partial charge >= 0.3 is 0 Å². The van der Waals surface area contributed by atoms with Crippen molar-refractivity contribution in [2.45, 2.75) is 20.4 Å². The van der Waals surface area contributed by atoms with E-state index in [1.165, 1.54) is 13.2 Å². The molecular formula is C23H25ClN2O5. The second-order valence-corrected chi connectivity index (χ2v) is 6.62. The molecule has 1 N–H and O–H groups in total. The zero-order valence-electron chi connectivity index (χ0n) is 18.0. The molecule has 0 bridgehead atoms. The molecule has 0 atom stereocenters. The van der Waals surface area contributed by atoms with Crippen molar-refractivity contribution in [2.24, 2.45) is 0 Å². The van der Waals surface area contributed by atoms with Crippen LogP contribution in [0.1, 0.15) is 25.0 Å². The van der Waals surface area contributed by atoms with Crippen molar-refractivity contribution in [1.82, 2.24) is 5.32 Å². The Hall–Kier alpha value is -3.37. The maximum Gasteiger partial charge on any atom is 0.262 e. The van der Waals surface area contributed by atoms with E-state index in [0.29, 0.717) is 46.8 Å². The first-order chi connectivity index (χ1) is 15.0. The summed E-state index contributed by atoms with van der Waals surface area (Å²) in [6.07, 6.45) is 1.44. The number of hydrogen-bond donors (Lipinski definition) is 1. The summed E-state index contributed by atoms with van der Waals surface area (Å²) in [4.78, 5) is 12.6. The smallest absolute Gasteiger partial charge is 0.262 e. The van der Waals surface area contributed by atoms with Gasteiger partial charge in [-0.05, 0) is 38.1 Å². The van der Waals surface area contributed by atoms with Crippen molar-refractivity contribution in [1.29, 1.82) is 5.26 Å². The number of benzene rings is 2. The van der Waals surface area contributed by atoms with Crippen molar-refractivity contribution in [2.75, 3.05) is 27.4 Å². The van der Waals surface area contributed by atoms with E-state index in [0.717, 1.165) is 5.56 Å². The molecule has 0 aromatic heterocycles. The van der Waals surface area contributed by atoms with Gasteiger partial charge in [-0.3, -0.25) is 4.79 Å². The lowest BCUT2D eigenvalue weighted by Gasteiger charge is -2.13. The number of ether oxygens (including phenoxy) is 4. The summed E-state index contributed by atoms with van der Waals surface area (Å²) in [5.74, 6) is 1.61. The highest BCUT2D eigenvalue weighted by molar-refractivity contribution is 6.32. The molecule has 0 aliphatic rings. The summed E-state index contributed by atoms with van der Waals surface area (Å²) in [5.41, 5.74) is 1.16. The van der Waals surface area contributed by atoms with Crippen LogP contribution in [0.4, 0.5) is 0 Å². The quantitative estimate of drug-likeness (QED) is 0.432. The standard InChI is InChI=1S/C23H25ClN2O5/c1-5-30-21-12-22(31-6-2)19(24)10-16(21)9-17(13-25)23(27)26-14-15-7-8-18(28-3)11-20(15)29-4/h7-12H,5-6,14H2,1-4H3,(H,26,27)/b17-9+. The van der Waals surface area contributed by atoms with Gasteiger partial charge in [0.25, 0.3) is 5.91 Å². The third-order valence-corrected chi connectivity index (χ3v) is 4.56. The Bertz CT molecular complexity index is 998. The molecule has 0 aliphatic heterocycles. The Morgan fingerprint density at radius 1 is 1.06 bits per heavy atom. The topological polar surface area (TPSA) is 89.8 Å². The van der Waals surface area contributed by atoms with Gasteiger partial charge in [0.2, 0.25) is 0 Å². The number of amides is 1. The number of carbonyl (C=O) groups is 1. The molecule has 0 saturated carbocycles. The predicted octanol–water partition coefficient (Wildman–Crippen LogP) is 4.38. The van der Waals surface area contributed by atoms with Crippen LogP contribution in [0.15, 0.2) is 35.9 Å². The van der Waals surface area contributed by atoms with Gasteiger partial charge in [0.1, 0.15) is 34.6 Å². The van der Waals surface area contributed by atoms with Gasteiger partial charge in [0.05, 0.1) is 32.5 Å². The number of rotatable bonds is 10. The summed E-state index contributed by atoms with van der Waals surface area (Å²) in [6, 6.07) is 10.5. The summed E-state index contributed by atoms with van der Waals surface area (Å²) in [6.45, 7) is 4.71. The number of carbonyl (C=O) groups excluding carboxylic acids is 1. The van der Waals surface area contributed by atoms with E-state index in [1.54, 1.807) is 37.4 Å². The molecule has 0 radical (unpaired) electrons. The number of nitrogens with one attached hydrogen (secondary N) is 1. The lowest BCUT2D eigenvalue weighted by atomic mass is 10.1.